The Labute approximate surface area is 98.4 Å². The van der Waals surface area contributed by atoms with Crippen LogP contribution in [0.4, 0.5) is 4.79 Å². The van der Waals surface area contributed by atoms with Gasteiger partial charge in [0.05, 0.1) is 5.54 Å². The van der Waals surface area contributed by atoms with Crippen molar-refractivity contribution < 1.29 is 24.6 Å². The molecule has 3 N–H and O–H groups in total. The summed E-state index contributed by atoms with van der Waals surface area (Å²) in [7, 11) is 0. The molecular formula is C10H14N2O5. The molecule has 94 valence electrons. The van der Waals surface area contributed by atoms with Gasteiger partial charge < -0.3 is 20.4 Å². The van der Waals surface area contributed by atoms with E-state index in [0.717, 1.165) is 0 Å². The second kappa shape index (κ2) is 5.75. The Morgan fingerprint density at radius 1 is 1.24 bits per heavy atom. The maximum absolute atomic E-state index is 11.6. The number of urea groups is 1. The maximum Gasteiger partial charge on any atom is 0.323 e. The fourth-order valence-corrected chi connectivity index (χ4v) is 0.909. The minimum Gasteiger partial charge on any atom is -0.480 e. The van der Waals surface area contributed by atoms with Crippen LogP contribution in [0.25, 0.3) is 0 Å². The van der Waals surface area contributed by atoms with E-state index in [9.17, 15) is 14.4 Å². The average Bonchev–Trinajstić information content (AvgIpc) is 2.14. The van der Waals surface area contributed by atoms with Gasteiger partial charge in [0.1, 0.15) is 13.1 Å². The lowest BCUT2D eigenvalue weighted by molar-refractivity contribution is -0.140. The van der Waals surface area contributed by atoms with E-state index in [4.69, 9.17) is 16.6 Å². The van der Waals surface area contributed by atoms with Gasteiger partial charge in [-0.05, 0) is 13.8 Å². The molecule has 17 heavy (non-hydrogen) atoms. The molecule has 0 heterocycles. The minimum atomic E-state index is -1.31. The van der Waals surface area contributed by atoms with Crippen LogP contribution in [0.15, 0.2) is 0 Å². The molecule has 0 aromatic heterocycles. The zero-order valence-corrected chi connectivity index (χ0v) is 9.56. The van der Waals surface area contributed by atoms with Crippen LogP contribution in [-0.4, -0.2) is 51.7 Å². The molecule has 0 bridgehead atoms. The molecule has 0 radical (unpaired) electrons. The summed E-state index contributed by atoms with van der Waals surface area (Å²) in [5, 5.41) is 19.4. The Hall–Kier alpha value is -2.23. The van der Waals surface area contributed by atoms with Crippen molar-refractivity contribution in [3.05, 3.63) is 0 Å². The van der Waals surface area contributed by atoms with E-state index in [0.29, 0.717) is 4.90 Å². The van der Waals surface area contributed by atoms with E-state index < -0.39 is 36.6 Å². The molecule has 0 saturated carbocycles. The number of carboxylic acids is 2. The van der Waals surface area contributed by atoms with Crippen molar-refractivity contribution >= 4 is 18.0 Å². The third-order valence-electron chi connectivity index (χ3n) is 1.72. The van der Waals surface area contributed by atoms with Crippen molar-refractivity contribution in [2.24, 2.45) is 0 Å². The summed E-state index contributed by atoms with van der Waals surface area (Å²) in [6.45, 7) is 1.65. The molecule has 7 heteroatoms. The van der Waals surface area contributed by atoms with Gasteiger partial charge in [-0.25, -0.2) is 4.79 Å². The lowest BCUT2D eigenvalue weighted by Gasteiger charge is -2.25. The molecular weight excluding hydrogens is 228 g/mol. The fraction of sp³-hybridized carbons (Fsp3) is 0.500. The highest BCUT2D eigenvalue weighted by atomic mass is 16.4. The van der Waals surface area contributed by atoms with Crippen molar-refractivity contribution in [2.75, 3.05) is 13.1 Å². The molecule has 0 spiro atoms. The van der Waals surface area contributed by atoms with Crippen molar-refractivity contribution in [3.63, 3.8) is 0 Å². The number of rotatable bonds is 5. The zero-order valence-electron chi connectivity index (χ0n) is 9.56. The topological polar surface area (TPSA) is 107 Å². The van der Waals surface area contributed by atoms with E-state index in [1.807, 2.05) is 0 Å². The van der Waals surface area contributed by atoms with E-state index >= 15 is 0 Å². The van der Waals surface area contributed by atoms with E-state index in [1.54, 1.807) is 0 Å². The fourth-order valence-electron chi connectivity index (χ4n) is 0.909. The van der Waals surface area contributed by atoms with Crippen molar-refractivity contribution in [3.8, 4) is 12.3 Å². The van der Waals surface area contributed by atoms with Crippen molar-refractivity contribution in [1.82, 2.24) is 10.2 Å². The molecule has 0 aromatic carbocycles. The third-order valence-corrected chi connectivity index (χ3v) is 1.72. The monoisotopic (exact) mass is 242 g/mol. The second-order valence-corrected chi connectivity index (χ2v) is 3.84. The molecule has 0 aliphatic heterocycles. The molecule has 0 fully saturated rings. The van der Waals surface area contributed by atoms with Crippen LogP contribution < -0.4 is 5.32 Å². The SMILES string of the molecule is C#CC(C)(C)NC(=O)N(CC(=O)O)CC(=O)O. The number of terminal acetylenes is 1. The van der Waals surface area contributed by atoms with Gasteiger partial charge in [0, 0.05) is 0 Å². The Morgan fingerprint density at radius 2 is 1.65 bits per heavy atom. The Balaban J connectivity index is 4.70. The molecule has 2 amide bonds. The van der Waals surface area contributed by atoms with Gasteiger partial charge in [-0.2, -0.15) is 0 Å². The molecule has 0 aliphatic carbocycles. The van der Waals surface area contributed by atoms with Gasteiger partial charge in [0.25, 0.3) is 0 Å². The predicted molar refractivity (Wildman–Crippen MR) is 58.3 cm³/mol. The highest BCUT2D eigenvalue weighted by Gasteiger charge is 2.24. The van der Waals surface area contributed by atoms with Crippen molar-refractivity contribution in [2.45, 2.75) is 19.4 Å². The Kier molecular flexibility index (Phi) is 4.99. The van der Waals surface area contributed by atoms with Crippen LogP contribution >= 0.6 is 0 Å². The first kappa shape index (κ1) is 14.8. The number of nitrogens with one attached hydrogen (secondary N) is 1. The number of nitrogens with zero attached hydrogens (tertiary/aromatic N) is 1. The number of carbonyl (C=O) groups excluding carboxylic acids is 1. The minimum absolute atomic E-state index is 0.643. The van der Waals surface area contributed by atoms with Gasteiger partial charge in [0.2, 0.25) is 0 Å². The summed E-state index contributed by atoms with van der Waals surface area (Å²) in [5.74, 6) is -0.331. The number of carboxylic acid groups (broad SMARTS) is 2. The second-order valence-electron chi connectivity index (χ2n) is 3.84. The lowest BCUT2D eigenvalue weighted by Crippen LogP contribution is -2.51. The van der Waals surface area contributed by atoms with Crippen LogP contribution in [0.5, 0.6) is 0 Å². The van der Waals surface area contributed by atoms with Crippen LogP contribution in [-0.2, 0) is 9.59 Å². The smallest absolute Gasteiger partial charge is 0.323 e. The molecule has 0 unspecified atom stereocenters. The average molecular weight is 242 g/mol. The van der Waals surface area contributed by atoms with E-state index in [2.05, 4.69) is 11.2 Å². The number of hydrogen-bond acceptors (Lipinski definition) is 3. The summed E-state index contributed by atoms with van der Waals surface area (Å²) in [6, 6.07) is -0.835. The highest BCUT2D eigenvalue weighted by molar-refractivity contribution is 5.84. The normalized spacial score (nSPS) is 10.2. The van der Waals surface area contributed by atoms with Gasteiger partial charge in [-0.1, -0.05) is 5.92 Å². The summed E-state index contributed by atoms with van der Waals surface area (Å²) in [6.07, 6.45) is 5.14. The molecule has 0 saturated heterocycles. The van der Waals surface area contributed by atoms with Crippen LogP contribution in [0.2, 0.25) is 0 Å². The van der Waals surface area contributed by atoms with E-state index in [-0.39, 0.29) is 0 Å². The Morgan fingerprint density at radius 3 is 1.94 bits per heavy atom. The van der Waals surface area contributed by atoms with Gasteiger partial charge in [-0.3, -0.25) is 9.59 Å². The molecule has 7 nitrogen and oxygen atoms in total. The molecule has 0 rings (SSSR count). The van der Waals surface area contributed by atoms with Gasteiger partial charge in [0.15, 0.2) is 0 Å². The highest BCUT2D eigenvalue weighted by Crippen LogP contribution is 2.01. The Bertz CT molecular complexity index is 353. The predicted octanol–water partition coefficient (Wildman–Crippen LogP) is -0.421. The van der Waals surface area contributed by atoms with Crippen molar-refractivity contribution in [1.29, 1.82) is 0 Å². The first-order valence-corrected chi connectivity index (χ1v) is 4.66. The van der Waals surface area contributed by atoms with Crippen LogP contribution in [0.1, 0.15) is 13.8 Å². The number of amides is 2. The maximum atomic E-state index is 11.6. The molecule has 0 aromatic rings. The number of aliphatic carboxylic acids is 2. The first-order chi connectivity index (χ1) is 7.68. The van der Waals surface area contributed by atoms with Gasteiger partial charge in [-0.15, -0.1) is 6.42 Å². The molecule has 0 atom stereocenters. The van der Waals surface area contributed by atoms with E-state index in [1.165, 1.54) is 13.8 Å². The molecule has 0 aliphatic rings. The van der Waals surface area contributed by atoms with Gasteiger partial charge >= 0.3 is 18.0 Å². The summed E-state index contributed by atoms with van der Waals surface area (Å²) < 4.78 is 0. The summed E-state index contributed by atoms with van der Waals surface area (Å²) in [5.41, 5.74) is -0.980. The lowest BCUT2D eigenvalue weighted by atomic mass is 10.1. The number of hydrogen-bond donors (Lipinski definition) is 3. The summed E-state index contributed by atoms with van der Waals surface area (Å²) >= 11 is 0. The van der Waals surface area contributed by atoms with Crippen LogP contribution in [0.3, 0.4) is 0 Å². The third kappa shape index (κ3) is 6.04. The standard InChI is InChI=1S/C10H14N2O5/c1-4-10(2,3)11-9(17)12(5-7(13)14)6-8(15)16/h1H,5-6H2,2-3H3,(H,11,17)(H,13,14)(H,15,16). The van der Waals surface area contributed by atoms with Crippen LogP contribution in [0, 0.1) is 12.3 Å². The number of carbonyl (C=O) groups is 3. The zero-order chi connectivity index (χ0) is 13.6. The first-order valence-electron chi connectivity index (χ1n) is 4.66. The quantitative estimate of drug-likeness (QED) is 0.567. The largest absolute Gasteiger partial charge is 0.480 e. The summed E-state index contributed by atoms with van der Waals surface area (Å²) in [4.78, 5) is 33.2.